The van der Waals surface area contributed by atoms with Crippen LogP contribution in [0.4, 0.5) is 4.39 Å². The van der Waals surface area contributed by atoms with Crippen LogP contribution in [0.3, 0.4) is 0 Å². The fourth-order valence-electron chi connectivity index (χ4n) is 1.67. The third kappa shape index (κ3) is 2.72. The zero-order valence-electron chi connectivity index (χ0n) is 8.02. The lowest BCUT2D eigenvalue weighted by molar-refractivity contribution is 0.141. The maximum absolute atomic E-state index is 11.9. The Morgan fingerprint density at radius 2 is 2.25 bits per heavy atom. The molecule has 0 saturated carbocycles. The molecule has 0 spiro atoms. The molecular formula is C9H19FN2. The smallest absolute Gasteiger partial charge is 0.0906 e. The highest BCUT2D eigenvalue weighted by atomic mass is 19.1. The summed E-state index contributed by atoms with van der Waals surface area (Å²) in [5.41, 5.74) is 0. The van der Waals surface area contributed by atoms with E-state index in [1.54, 1.807) is 0 Å². The molecule has 2 atom stereocenters. The highest BCUT2D eigenvalue weighted by Crippen LogP contribution is 2.06. The number of hydrogen-bond donors (Lipinski definition) is 1. The Labute approximate surface area is 74.1 Å². The lowest BCUT2D eigenvalue weighted by Gasteiger charge is -2.37. The zero-order valence-corrected chi connectivity index (χ0v) is 8.02. The number of nitrogens with zero attached hydrogens (tertiary/aromatic N) is 1. The number of piperazine rings is 1. The Morgan fingerprint density at radius 3 is 2.92 bits per heavy atom. The summed E-state index contributed by atoms with van der Waals surface area (Å²) in [6.07, 6.45) is 0.678. The monoisotopic (exact) mass is 174 g/mol. The van der Waals surface area contributed by atoms with Gasteiger partial charge in [-0.15, -0.1) is 0 Å². The van der Waals surface area contributed by atoms with Gasteiger partial charge in [-0.25, -0.2) is 0 Å². The molecule has 12 heavy (non-hydrogen) atoms. The van der Waals surface area contributed by atoms with Crippen molar-refractivity contribution in [2.45, 2.75) is 32.4 Å². The van der Waals surface area contributed by atoms with E-state index in [2.05, 4.69) is 24.1 Å². The van der Waals surface area contributed by atoms with E-state index < -0.39 is 0 Å². The van der Waals surface area contributed by atoms with Gasteiger partial charge in [0.15, 0.2) is 0 Å². The SMILES string of the molecule is CC1CN(CCCF)C(C)CN1. The van der Waals surface area contributed by atoms with Crippen LogP contribution in [0.2, 0.25) is 0 Å². The van der Waals surface area contributed by atoms with Crippen LogP contribution in [0.15, 0.2) is 0 Å². The molecule has 0 radical (unpaired) electrons. The first-order chi connectivity index (χ1) is 5.74. The van der Waals surface area contributed by atoms with Crippen molar-refractivity contribution in [3.63, 3.8) is 0 Å². The van der Waals surface area contributed by atoms with E-state index in [9.17, 15) is 4.39 Å². The lowest BCUT2D eigenvalue weighted by atomic mass is 10.1. The first-order valence-electron chi connectivity index (χ1n) is 4.77. The largest absolute Gasteiger partial charge is 0.311 e. The van der Waals surface area contributed by atoms with Gasteiger partial charge in [-0.05, 0) is 20.3 Å². The van der Waals surface area contributed by atoms with Gasteiger partial charge in [0.1, 0.15) is 0 Å². The quantitative estimate of drug-likeness (QED) is 0.687. The predicted octanol–water partition coefficient (Wildman–Crippen LogP) is 1.03. The summed E-state index contributed by atoms with van der Waals surface area (Å²) in [7, 11) is 0. The van der Waals surface area contributed by atoms with Gasteiger partial charge in [0.2, 0.25) is 0 Å². The first-order valence-corrected chi connectivity index (χ1v) is 4.77. The number of alkyl halides is 1. The first kappa shape index (κ1) is 9.93. The van der Waals surface area contributed by atoms with Crippen molar-refractivity contribution in [1.82, 2.24) is 10.2 Å². The average molecular weight is 174 g/mol. The Morgan fingerprint density at radius 1 is 1.50 bits per heavy atom. The van der Waals surface area contributed by atoms with Crippen molar-refractivity contribution in [2.75, 3.05) is 26.3 Å². The Balaban J connectivity index is 2.28. The molecule has 1 aliphatic rings. The van der Waals surface area contributed by atoms with Crippen LogP contribution in [0.1, 0.15) is 20.3 Å². The van der Waals surface area contributed by atoms with Gasteiger partial charge in [-0.3, -0.25) is 9.29 Å². The normalized spacial score (nSPS) is 32.2. The molecule has 1 saturated heterocycles. The van der Waals surface area contributed by atoms with E-state index in [-0.39, 0.29) is 6.67 Å². The number of hydrogen-bond acceptors (Lipinski definition) is 2. The Hall–Kier alpha value is -0.150. The second kappa shape index (κ2) is 4.77. The van der Waals surface area contributed by atoms with Gasteiger partial charge in [-0.1, -0.05) is 0 Å². The molecule has 3 heteroatoms. The standard InChI is InChI=1S/C9H19FN2/c1-8-7-12(5-3-4-10)9(2)6-11-8/h8-9,11H,3-7H2,1-2H3. The minimum Gasteiger partial charge on any atom is -0.311 e. The van der Waals surface area contributed by atoms with Gasteiger partial charge in [-0.2, -0.15) is 0 Å². The molecule has 0 aromatic carbocycles. The molecule has 2 nitrogen and oxygen atoms in total. The topological polar surface area (TPSA) is 15.3 Å². The average Bonchev–Trinajstić information content (AvgIpc) is 2.07. The van der Waals surface area contributed by atoms with Crippen molar-refractivity contribution >= 4 is 0 Å². The number of nitrogens with one attached hydrogen (secondary N) is 1. The van der Waals surface area contributed by atoms with Crippen LogP contribution >= 0.6 is 0 Å². The van der Waals surface area contributed by atoms with Gasteiger partial charge in [0.05, 0.1) is 6.67 Å². The van der Waals surface area contributed by atoms with E-state index in [1.807, 2.05) is 0 Å². The molecule has 1 aliphatic heterocycles. The van der Waals surface area contributed by atoms with Crippen LogP contribution in [0.25, 0.3) is 0 Å². The maximum Gasteiger partial charge on any atom is 0.0906 e. The summed E-state index contributed by atoms with van der Waals surface area (Å²) in [6.45, 7) is 7.18. The molecule has 1 heterocycles. The molecule has 72 valence electrons. The highest BCUT2D eigenvalue weighted by molar-refractivity contribution is 4.80. The number of halogens is 1. The predicted molar refractivity (Wildman–Crippen MR) is 49.1 cm³/mol. The van der Waals surface area contributed by atoms with E-state index in [1.165, 1.54) is 0 Å². The Bertz CT molecular complexity index is 130. The molecule has 1 N–H and O–H groups in total. The maximum atomic E-state index is 11.9. The molecule has 0 aliphatic carbocycles. The van der Waals surface area contributed by atoms with Gasteiger partial charge >= 0.3 is 0 Å². The summed E-state index contributed by atoms with van der Waals surface area (Å²) < 4.78 is 11.9. The van der Waals surface area contributed by atoms with Crippen molar-refractivity contribution in [2.24, 2.45) is 0 Å². The Kier molecular flexibility index (Phi) is 3.95. The second-order valence-corrected chi connectivity index (χ2v) is 3.70. The van der Waals surface area contributed by atoms with Crippen molar-refractivity contribution in [3.8, 4) is 0 Å². The van der Waals surface area contributed by atoms with Crippen LogP contribution < -0.4 is 5.32 Å². The van der Waals surface area contributed by atoms with E-state index in [0.717, 1.165) is 19.6 Å². The van der Waals surface area contributed by atoms with Crippen molar-refractivity contribution in [3.05, 3.63) is 0 Å². The molecule has 0 aromatic heterocycles. The number of rotatable bonds is 3. The molecule has 0 amide bonds. The zero-order chi connectivity index (χ0) is 8.97. The minimum absolute atomic E-state index is 0.189. The molecule has 1 rings (SSSR count). The van der Waals surface area contributed by atoms with Gasteiger partial charge in [0.25, 0.3) is 0 Å². The van der Waals surface area contributed by atoms with Crippen molar-refractivity contribution in [1.29, 1.82) is 0 Å². The summed E-state index contributed by atoms with van der Waals surface area (Å²) in [6, 6.07) is 1.12. The van der Waals surface area contributed by atoms with E-state index in [4.69, 9.17) is 0 Å². The molecular weight excluding hydrogens is 155 g/mol. The van der Waals surface area contributed by atoms with Gasteiger partial charge in [0, 0.05) is 31.7 Å². The fraction of sp³-hybridized carbons (Fsp3) is 1.00. The van der Waals surface area contributed by atoms with Gasteiger partial charge < -0.3 is 5.32 Å². The second-order valence-electron chi connectivity index (χ2n) is 3.70. The van der Waals surface area contributed by atoms with Crippen LogP contribution in [0, 0.1) is 0 Å². The third-order valence-corrected chi connectivity index (χ3v) is 2.47. The summed E-state index contributed by atoms with van der Waals surface area (Å²) in [5, 5.41) is 3.40. The molecule has 0 bridgehead atoms. The van der Waals surface area contributed by atoms with Crippen LogP contribution in [-0.2, 0) is 0 Å². The summed E-state index contributed by atoms with van der Waals surface area (Å²) in [4.78, 5) is 2.36. The minimum atomic E-state index is -0.189. The fourth-order valence-corrected chi connectivity index (χ4v) is 1.67. The summed E-state index contributed by atoms with van der Waals surface area (Å²) in [5.74, 6) is 0. The lowest BCUT2D eigenvalue weighted by Crippen LogP contribution is -2.54. The molecule has 1 fully saturated rings. The van der Waals surface area contributed by atoms with Crippen LogP contribution in [-0.4, -0.2) is 43.3 Å². The van der Waals surface area contributed by atoms with Crippen molar-refractivity contribution < 1.29 is 4.39 Å². The van der Waals surface area contributed by atoms with E-state index in [0.29, 0.717) is 18.5 Å². The highest BCUT2D eigenvalue weighted by Gasteiger charge is 2.21. The summed E-state index contributed by atoms with van der Waals surface area (Å²) >= 11 is 0. The third-order valence-electron chi connectivity index (χ3n) is 2.47. The molecule has 0 aromatic rings. The van der Waals surface area contributed by atoms with Crippen LogP contribution in [0.5, 0.6) is 0 Å². The van der Waals surface area contributed by atoms with E-state index >= 15 is 0 Å². The molecule has 2 unspecified atom stereocenters.